The van der Waals surface area contributed by atoms with Crippen LogP contribution in [-0.4, -0.2) is 31.2 Å². The number of fused-ring (bicyclic) bond motifs is 2. The average molecular weight is 317 g/mol. The summed E-state index contributed by atoms with van der Waals surface area (Å²) < 4.78 is 10.4. The van der Waals surface area contributed by atoms with E-state index >= 15 is 0 Å². The zero-order valence-corrected chi connectivity index (χ0v) is 13.0. The van der Waals surface area contributed by atoms with Gasteiger partial charge >= 0.3 is 5.97 Å². The van der Waals surface area contributed by atoms with Gasteiger partial charge in [-0.15, -0.1) is 0 Å². The maximum absolute atomic E-state index is 12.7. The molecule has 1 saturated carbocycles. The number of rotatable bonds is 5. The first-order valence-electron chi connectivity index (χ1n) is 7.49. The molecule has 0 aromatic heterocycles. The van der Waals surface area contributed by atoms with Gasteiger partial charge in [0.1, 0.15) is 11.5 Å². The van der Waals surface area contributed by atoms with E-state index in [1.165, 1.54) is 14.2 Å². The van der Waals surface area contributed by atoms with Crippen LogP contribution < -0.4 is 14.8 Å². The Morgan fingerprint density at radius 2 is 1.83 bits per heavy atom. The van der Waals surface area contributed by atoms with Gasteiger partial charge in [-0.25, -0.2) is 0 Å². The summed E-state index contributed by atoms with van der Waals surface area (Å²) in [5.74, 6) is -1.41. The summed E-state index contributed by atoms with van der Waals surface area (Å²) in [5.41, 5.74) is 0.479. The van der Waals surface area contributed by atoms with E-state index in [9.17, 15) is 14.7 Å². The molecule has 3 rings (SSSR count). The van der Waals surface area contributed by atoms with Gasteiger partial charge in [0.25, 0.3) is 0 Å². The van der Waals surface area contributed by atoms with Gasteiger partial charge in [-0.05, 0) is 30.4 Å². The van der Waals surface area contributed by atoms with E-state index in [2.05, 4.69) is 5.32 Å². The molecule has 2 aliphatic rings. The number of anilines is 1. The van der Waals surface area contributed by atoms with Crippen molar-refractivity contribution in [2.24, 2.45) is 23.7 Å². The van der Waals surface area contributed by atoms with E-state index < -0.39 is 17.8 Å². The zero-order chi connectivity index (χ0) is 16.6. The molecule has 23 heavy (non-hydrogen) atoms. The van der Waals surface area contributed by atoms with Crippen molar-refractivity contribution in [1.82, 2.24) is 0 Å². The number of hydrogen-bond acceptors (Lipinski definition) is 4. The largest absolute Gasteiger partial charge is 0.497 e. The Morgan fingerprint density at radius 3 is 2.43 bits per heavy atom. The minimum Gasteiger partial charge on any atom is -0.497 e. The first-order chi connectivity index (χ1) is 11.0. The molecule has 0 unspecified atom stereocenters. The minimum atomic E-state index is -0.917. The lowest BCUT2D eigenvalue weighted by Gasteiger charge is -2.24. The van der Waals surface area contributed by atoms with Crippen LogP contribution in [0.2, 0.25) is 0 Å². The number of amides is 1. The summed E-state index contributed by atoms with van der Waals surface area (Å²) in [6.07, 6.45) is 4.60. The molecule has 1 aromatic carbocycles. The molecule has 4 atom stereocenters. The number of carbonyl (C=O) groups is 2. The van der Waals surface area contributed by atoms with E-state index in [0.29, 0.717) is 17.2 Å². The molecule has 1 fully saturated rings. The molecule has 1 amide bonds. The number of ether oxygens (including phenoxy) is 2. The van der Waals surface area contributed by atoms with Crippen LogP contribution in [0.4, 0.5) is 5.69 Å². The Morgan fingerprint density at radius 1 is 1.13 bits per heavy atom. The van der Waals surface area contributed by atoms with Crippen LogP contribution >= 0.6 is 0 Å². The monoisotopic (exact) mass is 317 g/mol. The van der Waals surface area contributed by atoms with Crippen LogP contribution in [0, 0.1) is 23.7 Å². The Labute approximate surface area is 134 Å². The normalized spacial score (nSPS) is 27.7. The van der Waals surface area contributed by atoms with Crippen molar-refractivity contribution in [1.29, 1.82) is 0 Å². The van der Waals surface area contributed by atoms with Crippen molar-refractivity contribution in [2.45, 2.75) is 6.42 Å². The van der Waals surface area contributed by atoms with Gasteiger partial charge in [-0.2, -0.15) is 0 Å². The molecular weight excluding hydrogens is 298 g/mol. The van der Waals surface area contributed by atoms with Gasteiger partial charge < -0.3 is 19.9 Å². The second-order valence-corrected chi connectivity index (χ2v) is 5.89. The molecule has 6 nitrogen and oxygen atoms in total. The highest BCUT2D eigenvalue weighted by Gasteiger charge is 2.51. The van der Waals surface area contributed by atoms with Crippen molar-refractivity contribution >= 4 is 17.6 Å². The highest BCUT2D eigenvalue weighted by molar-refractivity contribution is 5.97. The van der Waals surface area contributed by atoms with Gasteiger partial charge in [-0.1, -0.05) is 12.2 Å². The number of carboxylic acids is 1. The van der Waals surface area contributed by atoms with E-state index in [0.717, 1.165) is 6.42 Å². The van der Waals surface area contributed by atoms with E-state index in [-0.39, 0.29) is 17.7 Å². The fraction of sp³-hybridized carbons (Fsp3) is 0.412. The quantitative estimate of drug-likeness (QED) is 0.813. The highest BCUT2D eigenvalue weighted by Crippen LogP contribution is 2.48. The summed E-state index contributed by atoms with van der Waals surface area (Å²) in [5, 5.41) is 12.3. The highest BCUT2D eigenvalue weighted by atomic mass is 16.5. The molecule has 6 heteroatoms. The molecule has 0 aliphatic heterocycles. The number of carboxylic acid groups (broad SMARTS) is 1. The van der Waals surface area contributed by atoms with E-state index in [1.807, 2.05) is 12.2 Å². The third-order valence-electron chi connectivity index (χ3n) is 4.71. The Hall–Kier alpha value is -2.50. The van der Waals surface area contributed by atoms with Crippen LogP contribution in [0.5, 0.6) is 11.5 Å². The second-order valence-electron chi connectivity index (χ2n) is 5.89. The lowest BCUT2D eigenvalue weighted by atomic mass is 9.82. The maximum Gasteiger partial charge on any atom is 0.307 e. The molecule has 2 aliphatic carbocycles. The van der Waals surface area contributed by atoms with Crippen LogP contribution in [-0.2, 0) is 9.59 Å². The number of allylic oxidation sites excluding steroid dienone is 2. The van der Waals surface area contributed by atoms with Crippen molar-refractivity contribution in [3.63, 3.8) is 0 Å². The second kappa shape index (κ2) is 5.95. The summed E-state index contributed by atoms with van der Waals surface area (Å²) in [7, 11) is 3.05. The molecule has 122 valence electrons. The lowest BCUT2D eigenvalue weighted by Crippen LogP contribution is -2.36. The third kappa shape index (κ3) is 2.65. The maximum atomic E-state index is 12.7. The van der Waals surface area contributed by atoms with Crippen LogP contribution in [0.25, 0.3) is 0 Å². The van der Waals surface area contributed by atoms with Gasteiger partial charge in [0.15, 0.2) is 0 Å². The molecule has 1 aromatic rings. The van der Waals surface area contributed by atoms with Gasteiger partial charge in [0.05, 0.1) is 31.7 Å². The summed E-state index contributed by atoms with van der Waals surface area (Å²) in [6.45, 7) is 0. The third-order valence-corrected chi connectivity index (χ3v) is 4.71. The smallest absolute Gasteiger partial charge is 0.307 e. The molecule has 0 radical (unpaired) electrons. The van der Waals surface area contributed by atoms with Crippen molar-refractivity contribution in [3.8, 4) is 11.5 Å². The van der Waals surface area contributed by atoms with Crippen molar-refractivity contribution in [3.05, 3.63) is 30.4 Å². The predicted octanol–water partition coefficient (Wildman–Crippen LogP) is 2.17. The number of benzene rings is 1. The van der Waals surface area contributed by atoms with Crippen LogP contribution in [0.15, 0.2) is 30.4 Å². The van der Waals surface area contributed by atoms with Crippen molar-refractivity contribution in [2.75, 3.05) is 19.5 Å². The van der Waals surface area contributed by atoms with Crippen LogP contribution in [0.1, 0.15) is 6.42 Å². The number of carbonyl (C=O) groups excluding carboxylic acids is 1. The van der Waals surface area contributed by atoms with E-state index in [4.69, 9.17) is 9.47 Å². The molecule has 0 heterocycles. The molecular formula is C17H19NO5. The first-order valence-corrected chi connectivity index (χ1v) is 7.49. The van der Waals surface area contributed by atoms with Crippen LogP contribution in [0.3, 0.4) is 0 Å². The average Bonchev–Trinajstić information content (AvgIpc) is 3.15. The van der Waals surface area contributed by atoms with Gasteiger partial charge in [0.2, 0.25) is 5.91 Å². The molecule has 2 N–H and O–H groups in total. The van der Waals surface area contributed by atoms with Gasteiger partial charge in [-0.3, -0.25) is 9.59 Å². The zero-order valence-electron chi connectivity index (χ0n) is 13.0. The molecule has 0 saturated heterocycles. The standard InChI is InChI=1S/C17H19NO5/c1-22-11-5-6-13(23-2)12(8-11)18-16(19)14-9-3-4-10(7-9)15(14)17(20)21/h3-6,8-10,14-15H,7H2,1-2H3,(H,18,19)(H,20,21)/t9-,10+,14+,15+/m1/s1. The Kier molecular flexibility index (Phi) is 3.98. The summed E-state index contributed by atoms with van der Waals surface area (Å²) >= 11 is 0. The predicted molar refractivity (Wildman–Crippen MR) is 83.5 cm³/mol. The first kappa shape index (κ1) is 15.4. The Bertz CT molecular complexity index is 669. The molecule has 2 bridgehead atoms. The number of aliphatic carboxylic acids is 1. The number of methoxy groups -OCH3 is 2. The van der Waals surface area contributed by atoms with E-state index in [1.54, 1.807) is 18.2 Å². The summed E-state index contributed by atoms with van der Waals surface area (Å²) in [6, 6.07) is 5.09. The summed E-state index contributed by atoms with van der Waals surface area (Å²) in [4.78, 5) is 24.2. The fourth-order valence-corrected chi connectivity index (χ4v) is 3.64. The number of nitrogens with one attached hydrogen (secondary N) is 1. The number of hydrogen-bond donors (Lipinski definition) is 2. The van der Waals surface area contributed by atoms with Crippen molar-refractivity contribution < 1.29 is 24.2 Å². The lowest BCUT2D eigenvalue weighted by molar-refractivity contribution is -0.146. The SMILES string of the molecule is COc1ccc(OC)c(NC(=O)[C@@H]2[C@@H](C(=O)O)[C@H]3C=C[C@@H]2C3)c1. The fourth-order valence-electron chi connectivity index (χ4n) is 3.64. The minimum absolute atomic E-state index is 0.0160. The van der Waals surface area contributed by atoms with Gasteiger partial charge in [0, 0.05) is 6.07 Å². The Balaban J connectivity index is 1.84. The topological polar surface area (TPSA) is 84.9 Å². The molecule has 0 spiro atoms.